The second-order valence-corrected chi connectivity index (χ2v) is 3.94. The van der Waals surface area contributed by atoms with Crippen LogP contribution in [0.3, 0.4) is 0 Å². The molecule has 14 heavy (non-hydrogen) atoms. The van der Waals surface area contributed by atoms with Crippen LogP contribution in [0.1, 0.15) is 33.1 Å². The smallest absolute Gasteiger partial charge is 0.317 e. The Labute approximate surface area is 84.9 Å². The SMILES string of the molecule is CC(C)NC(=O)N(CCC#N)C1CC1. The van der Waals surface area contributed by atoms with Crippen LogP contribution in [0, 0.1) is 11.3 Å². The Morgan fingerprint density at radius 2 is 2.29 bits per heavy atom. The summed E-state index contributed by atoms with van der Waals surface area (Å²) >= 11 is 0. The van der Waals surface area contributed by atoms with Crippen LogP contribution in [-0.2, 0) is 0 Å². The van der Waals surface area contributed by atoms with Crippen LogP contribution in [-0.4, -0.2) is 29.6 Å². The molecule has 78 valence electrons. The first-order valence-corrected chi connectivity index (χ1v) is 5.09. The fraction of sp³-hybridized carbons (Fsp3) is 0.800. The lowest BCUT2D eigenvalue weighted by molar-refractivity contribution is 0.193. The van der Waals surface area contributed by atoms with Crippen LogP contribution >= 0.6 is 0 Å². The summed E-state index contributed by atoms with van der Waals surface area (Å²) in [4.78, 5) is 13.4. The van der Waals surface area contributed by atoms with Crippen LogP contribution in [0.5, 0.6) is 0 Å². The average Bonchev–Trinajstić information content (AvgIpc) is 2.87. The van der Waals surface area contributed by atoms with Gasteiger partial charge in [0.05, 0.1) is 12.5 Å². The Kier molecular flexibility index (Phi) is 3.75. The number of urea groups is 1. The molecule has 0 saturated heterocycles. The first-order valence-electron chi connectivity index (χ1n) is 5.09. The van der Waals surface area contributed by atoms with Gasteiger partial charge in [0.15, 0.2) is 0 Å². The van der Waals surface area contributed by atoms with E-state index in [9.17, 15) is 4.79 Å². The largest absolute Gasteiger partial charge is 0.336 e. The summed E-state index contributed by atoms with van der Waals surface area (Å²) in [5, 5.41) is 11.3. The number of hydrogen-bond acceptors (Lipinski definition) is 2. The van der Waals surface area contributed by atoms with Gasteiger partial charge in [-0.05, 0) is 26.7 Å². The highest BCUT2D eigenvalue weighted by Crippen LogP contribution is 2.26. The van der Waals surface area contributed by atoms with Crippen molar-refractivity contribution in [2.24, 2.45) is 0 Å². The molecular weight excluding hydrogens is 178 g/mol. The number of nitrogens with one attached hydrogen (secondary N) is 1. The van der Waals surface area contributed by atoms with Crippen LogP contribution < -0.4 is 5.32 Å². The van der Waals surface area contributed by atoms with Crippen molar-refractivity contribution in [1.82, 2.24) is 10.2 Å². The van der Waals surface area contributed by atoms with Crippen molar-refractivity contribution >= 4 is 6.03 Å². The number of nitrogens with zero attached hydrogens (tertiary/aromatic N) is 2. The van der Waals surface area contributed by atoms with E-state index < -0.39 is 0 Å². The minimum Gasteiger partial charge on any atom is -0.336 e. The van der Waals surface area contributed by atoms with Crippen molar-refractivity contribution in [3.63, 3.8) is 0 Å². The first-order chi connectivity index (χ1) is 6.65. The average molecular weight is 195 g/mol. The van der Waals surface area contributed by atoms with Crippen molar-refractivity contribution in [1.29, 1.82) is 5.26 Å². The maximum atomic E-state index is 11.6. The topological polar surface area (TPSA) is 56.1 Å². The summed E-state index contributed by atoms with van der Waals surface area (Å²) in [7, 11) is 0. The normalized spacial score (nSPS) is 15.0. The molecule has 0 heterocycles. The van der Waals surface area contributed by atoms with Crippen LogP contribution in [0.2, 0.25) is 0 Å². The van der Waals surface area contributed by atoms with E-state index in [-0.39, 0.29) is 12.1 Å². The van der Waals surface area contributed by atoms with Crippen molar-refractivity contribution in [3.05, 3.63) is 0 Å². The number of hydrogen-bond donors (Lipinski definition) is 1. The summed E-state index contributed by atoms with van der Waals surface area (Å²) in [6, 6.07) is 2.57. The maximum Gasteiger partial charge on any atom is 0.317 e. The number of carbonyl (C=O) groups excluding carboxylic acids is 1. The highest BCUT2D eigenvalue weighted by molar-refractivity contribution is 5.75. The van der Waals surface area contributed by atoms with E-state index in [0.29, 0.717) is 19.0 Å². The summed E-state index contributed by atoms with van der Waals surface area (Å²) < 4.78 is 0. The zero-order chi connectivity index (χ0) is 10.6. The Balaban J connectivity index is 2.41. The van der Waals surface area contributed by atoms with Crippen molar-refractivity contribution in [2.75, 3.05) is 6.54 Å². The third-order valence-corrected chi connectivity index (χ3v) is 2.13. The highest BCUT2D eigenvalue weighted by atomic mass is 16.2. The van der Waals surface area contributed by atoms with Crippen molar-refractivity contribution < 1.29 is 4.79 Å². The molecule has 1 aliphatic rings. The molecule has 1 rings (SSSR count). The molecule has 0 unspecified atom stereocenters. The molecule has 1 N–H and O–H groups in total. The van der Waals surface area contributed by atoms with Gasteiger partial charge in [0.2, 0.25) is 0 Å². The molecule has 0 aliphatic heterocycles. The second kappa shape index (κ2) is 4.85. The third kappa shape index (κ3) is 3.25. The van der Waals surface area contributed by atoms with Crippen molar-refractivity contribution in [2.45, 2.75) is 45.2 Å². The molecule has 1 saturated carbocycles. The van der Waals surface area contributed by atoms with Gasteiger partial charge in [0, 0.05) is 18.6 Å². The second-order valence-electron chi connectivity index (χ2n) is 3.94. The lowest BCUT2D eigenvalue weighted by atomic mass is 10.3. The minimum atomic E-state index is -0.0299. The zero-order valence-corrected chi connectivity index (χ0v) is 8.79. The number of rotatable bonds is 4. The molecule has 4 nitrogen and oxygen atoms in total. The fourth-order valence-electron chi connectivity index (χ4n) is 1.34. The van der Waals surface area contributed by atoms with Gasteiger partial charge in [-0.2, -0.15) is 5.26 Å². The number of carbonyl (C=O) groups is 1. The van der Waals surface area contributed by atoms with E-state index in [1.807, 2.05) is 13.8 Å². The monoisotopic (exact) mass is 195 g/mol. The van der Waals surface area contributed by atoms with E-state index >= 15 is 0 Å². The van der Waals surface area contributed by atoms with E-state index in [2.05, 4.69) is 11.4 Å². The van der Waals surface area contributed by atoms with E-state index in [1.165, 1.54) is 0 Å². The molecule has 0 atom stereocenters. The Hall–Kier alpha value is -1.24. The highest BCUT2D eigenvalue weighted by Gasteiger charge is 2.32. The van der Waals surface area contributed by atoms with Gasteiger partial charge >= 0.3 is 6.03 Å². The molecule has 0 aromatic rings. The van der Waals surface area contributed by atoms with Gasteiger partial charge in [-0.15, -0.1) is 0 Å². The van der Waals surface area contributed by atoms with Gasteiger partial charge in [-0.25, -0.2) is 4.79 Å². The summed E-state index contributed by atoms with van der Waals surface area (Å²) in [6.45, 7) is 4.43. The number of nitriles is 1. The first kappa shape index (κ1) is 10.8. The van der Waals surface area contributed by atoms with Gasteiger partial charge in [-0.3, -0.25) is 0 Å². The maximum absolute atomic E-state index is 11.6. The quantitative estimate of drug-likeness (QED) is 0.738. The van der Waals surface area contributed by atoms with E-state index in [0.717, 1.165) is 12.8 Å². The van der Waals surface area contributed by atoms with Crippen LogP contribution in [0.15, 0.2) is 0 Å². The Morgan fingerprint density at radius 1 is 1.64 bits per heavy atom. The number of amides is 2. The molecule has 0 radical (unpaired) electrons. The van der Waals surface area contributed by atoms with Gasteiger partial charge in [0.25, 0.3) is 0 Å². The molecule has 0 aromatic carbocycles. The Bertz CT molecular complexity index is 240. The molecule has 1 fully saturated rings. The van der Waals surface area contributed by atoms with Crippen LogP contribution in [0.4, 0.5) is 4.79 Å². The lowest BCUT2D eigenvalue weighted by Gasteiger charge is -2.22. The lowest BCUT2D eigenvalue weighted by Crippen LogP contribution is -2.44. The molecule has 0 aromatic heterocycles. The van der Waals surface area contributed by atoms with E-state index in [1.54, 1.807) is 4.90 Å². The molecule has 1 aliphatic carbocycles. The summed E-state index contributed by atoms with van der Waals surface area (Å²) in [5.74, 6) is 0. The molecule has 0 spiro atoms. The van der Waals surface area contributed by atoms with Crippen LogP contribution in [0.25, 0.3) is 0 Å². The third-order valence-electron chi connectivity index (χ3n) is 2.13. The summed E-state index contributed by atoms with van der Waals surface area (Å²) in [6.07, 6.45) is 2.58. The van der Waals surface area contributed by atoms with Gasteiger partial charge in [-0.1, -0.05) is 0 Å². The summed E-state index contributed by atoms with van der Waals surface area (Å²) in [5.41, 5.74) is 0. The molecular formula is C10H17N3O. The van der Waals surface area contributed by atoms with E-state index in [4.69, 9.17) is 5.26 Å². The van der Waals surface area contributed by atoms with Crippen molar-refractivity contribution in [3.8, 4) is 6.07 Å². The minimum absolute atomic E-state index is 0.0299. The molecule has 4 heteroatoms. The zero-order valence-electron chi connectivity index (χ0n) is 8.79. The van der Waals surface area contributed by atoms with Gasteiger partial charge < -0.3 is 10.2 Å². The standard InChI is InChI=1S/C10H17N3O/c1-8(2)12-10(14)13(7-3-6-11)9-4-5-9/h8-9H,3-5,7H2,1-2H3,(H,12,14). The Morgan fingerprint density at radius 3 is 2.71 bits per heavy atom. The molecule has 0 bridgehead atoms. The fourth-order valence-corrected chi connectivity index (χ4v) is 1.34. The van der Waals surface area contributed by atoms with Gasteiger partial charge in [0.1, 0.15) is 0 Å². The predicted molar refractivity (Wildman–Crippen MR) is 53.6 cm³/mol. The predicted octanol–water partition coefficient (Wildman–Crippen LogP) is 1.48. The molecule has 2 amide bonds.